The third-order valence-corrected chi connectivity index (χ3v) is 8.97. The van der Waals surface area contributed by atoms with E-state index in [0.29, 0.717) is 0 Å². The number of benzene rings is 2. The largest absolute Gasteiger partial charge is 0.384 e. The van der Waals surface area contributed by atoms with Crippen LogP contribution in [0.5, 0.6) is 0 Å². The minimum Gasteiger partial charge on any atom is -0.384 e. The maximum absolute atomic E-state index is 5.76. The molecule has 3 heterocycles. The van der Waals surface area contributed by atoms with Gasteiger partial charge >= 0.3 is 0 Å². The monoisotopic (exact) mass is 454 g/mol. The lowest BCUT2D eigenvalue weighted by atomic mass is 10.1. The molecule has 3 aromatic heterocycles. The molecule has 156 valence electrons. The molecule has 0 atom stereocenters. The van der Waals surface area contributed by atoms with Crippen molar-refractivity contribution in [3.8, 4) is 0 Å². The third kappa shape index (κ3) is 4.02. The Hall–Kier alpha value is -1.50. The Morgan fingerprint density at radius 2 is 1.27 bits per heavy atom. The van der Waals surface area contributed by atoms with E-state index in [0.717, 1.165) is 39.1 Å². The topological polar surface area (TPSA) is 18.5 Å². The summed E-state index contributed by atoms with van der Waals surface area (Å²) < 4.78 is 16.6. The fourth-order valence-corrected chi connectivity index (χ4v) is 7.35. The van der Waals surface area contributed by atoms with Gasteiger partial charge in [-0.3, -0.25) is 0 Å². The van der Waals surface area contributed by atoms with E-state index in [-0.39, 0.29) is 0 Å². The minimum atomic E-state index is 0.784. The molecular formula is C25H26O2S3. The SMILES string of the molecule is CCCCOCCc1cc2cc3c(cc2s1)sc1cc2sc(CCOC)cc2cc13. The summed E-state index contributed by atoms with van der Waals surface area (Å²) in [5, 5.41) is 5.49. The maximum Gasteiger partial charge on any atom is 0.0514 e. The van der Waals surface area contributed by atoms with Gasteiger partial charge in [-0.25, -0.2) is 0 Å². The standard InChI is InChI=1S/C25H26O2S3/c1-3-4-7-27-9-6-19-11-17-13-21-20-12-16-10-18(5-8-26-2)28-22(16)14-24(20)30-25(21)15-23(17)29-19/h10-15H,3-9H2,1-2H3. The number of hydrogen-bond acceptors (Lipinski definition) is 5. The van der Waals surface area contributed by atoms with Gasteiger partial charge in [-0.05, 0) is 53.6 Å². The number of ether oxygens (including phenoxy) is 2. The predicted molar refractivity (Wildman–Crippen MR) is 135 cm³/mol. The van der Waals surface area contributed by atoms with E-state index in [1.54, 1.807) is 7.11 Å². The number of fused-ring (bicyclic) bond motifs is 5. The summed E-state index contributed by atoms with van der Waals surface area (Å²) in [7, 11) is 1.77. The normalized spacial score (nSPS) is 12.2. The van der Waals surface area contributed by atoms with Crippen molar-refractivity contribution in [1.82, 2.24) is 0 Å². The molecule has 30 heavy (non-hydrogen) atoms. The van der Waals surface area contributed by atoms with Gasteiger partial charge in [-0.15, -0.1) is 34.0 Å². The summed E-state index contributed by atoms with van der Waals surface area (Å²) in [5.41, 5.74) is 0. The molecule has 0 bridgehead atoms. The average molecular weight is 455 g/mol. The summed E-state index contributed by atoms with van der Waals surface area (Å²) in [4.78, 5) is 2.83. The summed E-state index contributed by atoms with van der Waals surface area (Å²) >= 11 is 5.73. The van der Waals surface area contributed by atoms with Crippen LogP contribution in [0.4, 0.5) is 0 Å². The van der Waals surface area contributed by atoms with Crippen molar-refractivity contribution in [2.24, 2.45) is 0 Å². The fraction of sp³-hybridized carbons (Fsp3) is 0.360. The molecule has 5 rings (SSSR count). The lowest BCUT2D eigenvalue weighted by Crippen LogP contribution is -1.98. The lowest BCUT2D eigenvalue weighted by molar-refractivity contribution is 0.135. The van der Waals surface area contributed by atoms with Crippen molar-refractivity contribution in [1.29, 1.82) is 0 Å². The van der Waals surface area contributed by atoms with Crippen LogP contribution < -0.4 is 0 Å². The minimum absolute atomic E-state index is 0.784. The van der Waals surface area contributed by atoms with Crippen molar-refractivity contribution in [3.05, 3.63) is 46.2 Å². The number of hydrogen-bond donors (Lipinski definition) is 0. The molecule has 0 saturated heterocycles. The van der Waals surface area contributed by atoms with Gasteiger partial charge in [0.05, 0.1) is 13.2 Å². The molecule has 5 heteroatoms. The average Bonchev–Trinajstić information content (AvgIpc) is 3.42. The fourth-order valence-electron chi connectivity index (χ4n) is 3.93. The van der Waals surface area contributed by atoms with Crippen LogP contribution in [0.2, 0.25) is 0 Å². The Kier molecular flexibility index (Phi) is 6.07. The van der Waals surface area contributed by atoms with Gasteiger partial charge in [0.1, 0.15) is 0 Å². The second-order valence-electron chi connectivity index (χ2n) is 7.76. The zero-order valence-corrected chi connectivity index (χ0v) is 19.9. The second-order valence-corrected chi connectivity index (χ2v) is 11.2. The zero-order valence-electron chi connectivity index (χ0n) is 17.5. The molecule has 0 aliphatic carbocycles. The highest BCUT2D eigenvalue weighted by atomic mass is 32.1. The first-order valence-corrected chi connectivity index (χ1v) is 13.1. The van der Waals surface area contributed by atoms with Crippen LogP contribution >= 0.6 is 34.0 Å². The molecule has 0 saturated carbocycles. The molecule has 2 aromatic carbocycles. The molecule has 0 aliphatic heterocycles. The van der Waals surface area contributed by atoms with Crippen LogP contribution in [0, 0.1) is 0 Å². The Morgan fingerprint density at radius 3 is 1.83 bits per heavy atom. The molecule has 5 aromatic rings. The van der Waals surface area contributed by atoms with Gasteiger partial charge in [0.2, 0.25) is 0 Å². The highest BCUT2D eigenvalue weighted by molar-refractivity contribution is 7.27. The van der Waals surface area contributed by atoms with Gasteiger partial charge in [0, 0.05) is 65.9 Å². The van der Waals surface area contributed by atoms with E-state index in [4.69, 9.17) is 9.47 Å². The van der Waals surface area contributed by atoms with Gasteiger partial charge in [-0.1, -0.05) is 13.3 Å². The van der Waals surface area contributed by atoms with Crippen molar-refractivity contribution in [2.45, 2.75) is 32.6 Å². The molecule has 0 N–H and O–H groups in total. The van der Waals surface area contributed by atoms with E-state index in [2.05, 4.69) is 43.3 Å². The summed E-state index contributed by atoms with van der Waals surface area (Å²) in [6.07, 6.45) is 4.35. The third-order valence-electron chi connectivity index (χ3n) is 5.54. The second kappa shape index (κ2) is 8.93. The smallest absolute Gasteiger partial charge is 0.0514 e. The van der Waals surface area contributed by atoms with E-state index in [1.807, 2.05) is 34.0 Å². The molecule has 0 unspecified atom stereocenters. The number of unbranched alkanes of at least 4 members (excludes halogenated alkanes) is 1. The predicted octanol–water partition coefficient (Wildman–Crippen LogP) is 8.03. The van der Waals surface area contributed by atoms with E-state index in [9.17, 15) is 0 Å². The van der Waals surface area contributed by atoms with Crippen molar-refractivity contribution >= 4 is 74.4 Å². The molecule has 0 radical (unpaired) electrons. The first-order chi connectivity index (χ1) is 14.7. The van der Waals surface area contributed by atoms with E-state index < -0.39 is 0 Å². The lowest BCUT2D eigenvalue weighted by Gasteiger charge is -2.00. The summed E-state index contributed by atoms with van der Waals surface area (Å²) in [6.45, 7) is 4.69. The van der Waals surface area contributed by atoms with Gasteiger partial charge in [0.15, 0.2) is 0 Å². The summed E-state index contributed by atoms with van der Waals surface area (Å²) in [5.74, 6) is 0. The van der Waals surface area contributed by atoms with Crippen LogP contribution in [0.1, 0.15) is 29.5 Å². The quantitative estimate of drug-likeness (QED) is 0.210. The molecule has 0 spiro atoms. The Bertz CT molecular complexity index is 1310. The van der Waals surface area contributed by atoms with Gasteiger partial charge in [0.25, 0.3) is 0 Å². The molecule has 0 fully saturated rings. The Labute approximate surface area is 189 Å². The Morgan fingerprint density at radius 1 is 0.667 bits per heavy atom. The maximum atomic E-state index is 5.76. The number of rotatable bonds is 9. The molecule has 2 nitrogen and oxygen atoms in total. The molecule has 0 aliphatic rings. The van der Waals surface area contributed by atoms with Crippen LogP contribution in [0.3, 0.4) is 0 Å². The van der Waals surface area contributed by atoms with Crippen LogP contribution in [0.25, 0.3) is 40.3 Å². The highest BCUT2D eigenvalue weighted by Gasteiger charge is 2.12. The van der Waals surface area contributed by atoms with E-state index in [1.165, 1.54) is 56.5 Å². The number of methoxy groups -OCH3 is 1. The van der Waals surface area contributed by atoms with Crippen LogP contribution in [0.15, 0.2) is 36.4 Å². The van der Waals surface area contributed by atoms with Crippen LogP contribution in [-0.4, -0.2) is 26.9 Å². The zero-order chi connectivity index (χ0) is 20.5. The molecule has 0 amide bonds. The Balaban J connectivity index is 1.47. The summed E-state index contributed by atoms with van der Waals surface area (Å²) in [6, 6.07) is 14.2. The van der Waals surface area contributed by atoms with Crippen molar-refractivity contribution < 1.29 is 9.47 Å². The number of thiophene rings is 3. The van der Waals surface area contributed by atoms with Gasteiger partial charge in [-0.2, -0.15) is 0 Å². The van der Waals surface area contributed by atoms with Crippen LogP contribution in [-0.2, 0) is 22.3 Å². The van der Waals surface area contributed by atoms with E-state index >= 15 is 0 Å². The van der Waals surface area contributed by atoms with Gasteiger partial charge < -0.3 is 9.47 Å². The first kappa shape index (κ1) is 20.4. The highest BCUT2D eigenvalue weighted by Crippen LogP contribution is 2.41. The molecular weight excluding hydrogens is 428 g/mol. The van der Waals surface area contributed by atoms with Crippen molar-refractivity contribution in [2.75, 3.05) is 26.9 Å². The van der Waals surface area contributed by atoms with Crippen molar-refractivity contribution in [3.63, 3.8) is 0 Å². The first-order valence-electron chi connectivity index (χ1n) is 10.6.